The lowest BCUT2D eigenvalue weighted by molar-refractivity contribution is 0.0772. The Morgan fingerprint density at radius 3 is 2.50 bits per heavy atom. The molecule has 0 amide bonds. The Kier molecular flexibility index (Phi) is 1.90. The summed E-state index contributed by atoms with van der Waals surface area (Å²) in [5.41, 5.74) is 1.14. The van der Waals surface area contributed by atoms with Gasteiger partial charge in [-0.25, -0.2) is 9.50 Å². The minimum atomic E-state index is -0.883. The number of aryl methyl sites for hydroxylation is 2. The van der Waals surface area contributed by atoms with Crippen LogP contribution in [-0.2, 0) is 5.60 Å². The molecule has 14 heavy (non-hydrogen) atoms. The third kappa shape index (κ3) is 1.33. The van der Waals surface area contributed by atoms with Gasteiger partial charge >= 0.3 is 0 Å². The van der Waals surface area contributed by atoms with Crippen LogP contribution in [0.1, 0.15) is 30.2 Å². The molecule has 0 unspecified atom stereocenters. The van der Waals surface area contributed by atoms with Gasteiger partial charge in [-0.1, -0.05) is 11.3 Å². The maximum Gasteiger partial charge on any atom is 0.212 e. The Balaban J connectivity index is 2.65. The van der Waals surface area contributed by atoms with Crippen LogP contribution in [0.5, 0.6) is 0 Å². The largest absolute Gasteiger partial charge is 0.383 e. The van der Waals surface area contributed by atoms with Crippen molar-refractivity contribution in [3.8, 4) is 0 Å². The van der Waals surface area contributed by atoms with E-state index in [9.17, 15) is 5.11 Å². The second-order valence-electron chi connectivity index (χ2n) is 3.94. The van der Waals surface area contributed by atoms with Gasteiger partial charge in [-0.3, -0.25) is 0 Å². The van der Waals surface area contributed by atoms with E-state index in [0.717, 1.165) is 16.3 Å². The quantitative estimate of drug-likeness (QED) is 0.780. The van der Waals surface area contributed by atoms with Crippen molar-refractivity contribution in [1.82, 2.24) is 14.6 Å². The highest BCUT2D eigenvalue weighted by molar-refractivity contribution is 7.16. The first-order valence-corrected chi connectivity index (χ1v) is 5.27. The van der Waals surface area contributed by atoms with Crippen LogP contribution in [-0.4, -0.2) is 19.7 Å². The molecule has 0 saturated heterocycles. The zero-order valence-electron chi connectivity index (χ0n) is 8.70. The van der Waals surface area contributed by atoms with Crippen molar-refractivity contribution in [2.75, 3.05) is 0 Å². The van der Waals surface area contributed by atoms with Crippen LogP contribution in [0.2, 0.25) is 0 Å². The Morgan fingerprint density at radius 2 is 2.00 bits per heavy atom. The number of imidazole rings is 1. The average Bonchev–Trinajstić information content (AvgIpc) is 2.54. The number of aromatic nitrogens is 3. The van der Waals surface area contributed by atoms with Crippen LogP contribution >= 0.6 is 11.3 Å². The highest BCUT2D eigenvalue weighted by Crippen LogP contribution is 2.26. The van der Waals surface area contributed by atoms with Crippen LogP contribution in [0.25, 0.3) is 4.96 Å². The first kappa shape index (κ1) is 9.61. The van der Waals surface area contributed by atoms with Crippen LogP contribution in [0, 0.1) is 13.8 Å². The zero-order valence-corrected chi connectivity index (χ0v) is 9.51. The molecule has 0 radical (unpaired) electrons. The summed E-state index contributed by atoms with van der Waals surface area (Å²) in [5, 5.41) is 14.8. The number of hydrogen-bond donors (Lipinski definition) is 1. The van der Waals surface area contributed by atoms with Gasteiger partial charge in [0.1, 0.15) is 10.6 Å². The lowest BCUT2D eigenvalue weighted by Gasteiger charge is -2.11. The summed E-state index contributed by atoms with van der Waals surface area (Å²) in [4.78, 5) is 5.20. The fourth-order valence-electron chi connectivity index (χ4n) is 1.20. The van der Waals surface area contributed by atoms with Crippen LogP contribution in [0.3, 0.4) is 0 Å². The molecule has 0 fully saturated rings. The highest BCUT2D eigenvalue weighted by atomic mass is 32.1. The van der Waals surface area contributed by atoms with Crippen molar-refractivity contribution in [2.24, 2.45) is 0 Å². The van der Waals surface area contributed by atoms with Gasteiger partial charge in [-0.15, -0.1) is 0 Å². The fourth-order valence-corrected chi connectivity index (χ4v) is 2.19. The topological polar surface area (TPSA) is 50.4 Å². The second-order valence-corrected chi connectivity index (χ2v) is 4.90. The van der Waals surface area contributed by atoms with Crippen molar-refractivity contribution in [3.63, 3.8) is 0 Å². The highest BCUT2D eigenvalue weighted by Gasteiger charge is 2.22. The number of rotatable bonds is 1. The van der Waals surface area contributed by atoms with Crippen LogP contribution < -0.4 is 0 Å². The number of hydrogen-bond acceptors (Lipinski definition) is 4. The molecule has 76 valence electrons. The molecule has 0 aliphatic heterocycles. The molecule has 0 aliphatic rings. The molecule has 2 aromatic heterocycles. The van der Waals surface area contributed by atoms with Crippen molar-refractivity contribution in [2.45, 2.75) is 33.3 Å². The molecular weight excluding hydrogens is 198 g/mol. The van der Waals surface area contributed by atoms with Gasteiger partial charge < -0.3 is 5.11 Å². The second kappa shape index (κ2) is 2.77. The van der Waals surface area contributed by atoms with Gasteiger partial charge in [0.15, 0.2) is 0 Å². The van der Waals surface area contributed by atoms with E-state index < -0.39 is 5.60 Å². The summed E-state index contributed by atoms with van der Waals surface area (Å²) in [6.07, 6.45) is 0. The third-order valence-corrected chi connectivity index (χ3v) is 3.41. The van der Waals surface area contributed by atoms with Gasteiger partial charge in [0.25, 0.3) is 0 Å². The molecule has 0 spiro atoms. The van der Waals surface area contributed by atoms with Gasteiger partial charge in [-0.05, 0) is 27.7 Å². The monoisotopic (exact) mass is 211 g/mol. The molecule has 4 nitrogen and oxygen atoms in total. The average molecular weight is 211 g/mol. The maximum absolute atomic E-state index is 9.78. The summed E-state index contributed by atoms with van der Waals surface area (Å²) >= 11 is 1.43. The smallest absolute Gasteiger partial charge is 0.212 e. The summed E-state index contributed by atoms with van der Waals surface area (Å²) in [7, 11) is 0. The molecule has 0 aromatic carbocycles. The molecule has 2 heterocycles. The first-order chi connectivity index (χ1) is 6.39. The summed E-state index contributed by atoms with van der Waals surface area (Å²) in [6, 6.07) is 0. The SMILES string of the molecule is Cc1nc2sc(C(C)(C)O)nn2c1C. The molecular formula is C9H13N3OS. The Labute approximate surface area is 86.2 Å². The fraction of sp³-hybridized carbons (Fsp3) is 0.556. The standard InChI is InChI=1S/C9H13N3OS/c1-5-6(2)12-8(10-5)14-7(11-12)9(3,4)13/h13H,1-4H3. The summed E-state index contributed by atoms with van der Waals surface area (Å²) < 4.78 is 1.79. The molecule has 0 atom stereocenters. The minimum Gasteiger partial charge on any atom is -0.383 e. The van der Waals surface area contributed by atoms with Gasteiger partial charge in [0, 0.05) is 0 Å². The van der Waals surface area contributed by atoms with Crippen molar-refractivity contribution >= 4 is 16.3 Å². The Bertz CT molecular complexity index is 478. The lowest BCUT2D eigenvalue weighted by Crippen LogP contribution is -2.15. The Morgan fingerprint density at radius 1 is 1.36 bits per heavy atom. The molecule has 0 saturated carbocycles. The van der Waals surface area contributed by atoms with Crippen molar-refractivity contribution < 1.29 is 5.11 Å². The van der Waals surface area contributed by atoms with E-state index in [2.05, 4.69) is 10.1 Å². The number of nitrogens with zero attached hydrogens (tertiary/aromatic N) is 3. The van der Waals surface area contributed by atoms with E-state index >= 15 is 0 Å². The van der Waals surface area contributed by atoms with E-state index in [0.29, 0.717) is 5.01 Å². The van der Waals surface area contributed by atoms with E-state index in [1.54, 1.807) is 18.4 Å². The number of aliphatic hydroxyl groups is 1. The normalized spacial score (nSPS) is 12.6. The maximum atomic E-state index is 9.78. The molecule has 1 N–H and O–H groups in total. The lowest BCUT2D eigenvalue weighted by atomic mass is 10.2. The third-order valence-electron chi connectivity index (χ3n) is 2.19. The van der Waals surface area contributed by atoms with Gasteiger partial charge in [-0.2, -0.15) is 5.10 Å². The van der Waals surface area contributed by atoms with E-state index in [1.807, 2.05) is 13.8 Å². The van der Waals surface area contributed by atoms with Gasteiger partial charge in [0.05, 0.1) is 11.4 Å². The summed E-state index contributed by atoms with van der Waals surface area (Å²) in [6.45, 7) is 7.39. The first-order valence-electron chi connectivity index (χ1n) is 4.45. The molecule has 0 aliphatic carbocycles. The molecule has 2 aromatic rings. The summed E-state index contributed by atoms with van der Waals surface area (Å²) in [5.74, 6) is 0. The zero-order chi connectivity index (χ0) is 10.5. The molecule has 5 heteroatoms. The predicted molar refractivity (Wildman–Crippen MR) is 55.6 cm³/mol. The van der Waals surface area contributed by atoms with Crippen molar-refractivity contribution in [3.05, 3.63) is 16.4 Å². The Hall–Kier alpha value is -0.940. The van der Waals surface area contributed by atoms with Gasteiger partial charge in [0.2, 0.25) is 4.96 Å². The van der Waals surface area contributed by atoms with E-state index in [1.165, 1.54) is 11.3 Å². The van der Waals surface area contributed by atoms with E-state index in [4.69, 9.17) is 0 Å². The predicted octanol–water partition coefficient (Wildman–Crippen LogP) is 1.64. The number of fused-ring (bicyclic) bond motifs is 1. The molecule has 2 rings (SSSR count). The van der Waals surface area contributed by atoms with E-state index in [-0.39, 0.29) is 0 Å². The van der Waals surface area contributed by atoms with Crippen LogP contribution in [0.15, 0.2) is 0 Å². The van der Waals surface area contributed by atoms with Crippen LogP contribution in [0.4, 0.5) is 0 Å². The minimum absolute atomic E-state index is 0.697. The molecule has 0 bridgehead atoms. The van der Waals surface area contributed by atoms with Crippen molar-refractivity contribution in [1.29, 1.82) is 0 Å².